The fourth-order valence-electron chi connectivity index (χ4n) is 6.76. The second-order valence-corrected chi connectivity index (χ2v) is 21.7. The average Bonchev–Trinajstić information content (AvgIpc) is 3.13. The molecular weight excluding hydrogens is 392 g/mol. The third-order valence-electron chi connectivity index (χ3n) is 7.60. The molecule has 0 nitrogen and oxygen atoms in total. The molecule has 30 heavy (non-hydrogen) atoms. The van der Waals surface area contributed by atoms with Crippen molar-refractivity contribution in [1.29, 1.82) is 0 Å². The Labute approximate surface area is 185 Å². The molecule has 3 aliphatic rings. The molecule has 2 heteroatoms. The SMILES string of the molecule is C[Si](C)(C)C1=C2CCC3=C([Si](C)(C)C)c4ccccc4C3CCC2c2ccccc21. The molecule has 0 aliphatic heterocycles. The molecular formula is C28H36Si2. The molecule has 2 aromatic rings. The lowest BCUT2D eigenvalue weighted by molar-refractivity contribution is 0.561. The topological polar surface area (TPSA) is 0 Å². The minimum atomic E-state index is -1.40. The van der Waals surface area contributed by atoms with E-state index in [4.69, 9.17) is 0 Å². The second-order valence-electron chi connectivity index (χ2n) is 11.7. The first-order valence-electron chi connectivity index (χ1n) is 11.8. The van der Waals surface area contributed by atoms with Crippen molar-refractivity contribution in [2.75, 3.05) is 0 Å². The van der Waals surface area contributed by atoms with E-state index < -0.39 is 16.1 Å². The van der Waals surface area contributed by atoms with Gasteiger partial charge in [0.05, 0.1) is 16.1 Å². The van der Waals surface area contributed by atoms with E-state index in [1.165, 1.54) is 25.7 Å². The predicted molar refractivity (Wildman–Crippen MR) is 137 cm³/mol. The molecule has 0 amide bonds. The molecule has 2 unspecified atom stereocenters. The maximum absolute atomic E-state index is 2.55. The summed E-state index contributed by atoms with van der Waals surface area (Å²) in [5.41, 5.74) is 10.1. The van der Waals surface area contributed by atoms with E-state index in [1.807, 2.05) is 11.1 Å². The molecule has 0 radical (unpaired) electrons. The number of hydrogen-bond donors (Lipinski definition) is 0. The first-order valence-corrected chi connectivity index (χ1v) is 18.8. The summed E-state index contributed by atoms with van der Waals surface area (Å²) < 4.78 is 0. The minimum absolute atomic E-state index is 0.660. The minimum Gasteiger partial charge on any atom is -0.0656 e. The molecule has 1 fully saturated rings. The number of rotatable bonds is 2. The van der Waals surface area contributed by atoms with Crippen LogP contribution in [0.25, 0.3) is 10.4 Å². The number of benzene rings is 2. The Balaban J connectivity index is 1.65. The molecule has 0 saturated heterocycles. The van der Waals surface area contributed by atoms with E-state index in [2.05, 4.69) is 87.8 Å². The molecule has 0 bridgehead atoms. The monoisotopic (exact) mass is 428 g/mol. The van der Waals surface area contributed by atoms with Crippen LogP contribution < -0.4 is 0 Å². The van der Waals surface area contributed by atoms with Crippen molar-refractivity contribution >= 4 is 26.5 Å². The highest BCUT2D eigenvalue weighted by Crippen LogP contribution is 2.56. The fourth-order valence-corrected chi connectivity index (χ4v) is 11.4. The zero-order valence-electron chi connectivity index (χ0n) is 19.6. The van der Waals surface area contributed by atoms with Crippen molar-refractivity contribution in [3.63, 3.8) is 0 Å². The summed E-state index contributed by atoms with van der Waals surface area (Å²) in [6, 6.07) is 18.8. The van der Waals surface area contributed by atoms with Gasteiger partial charge in [0.15, 0.2) is 0 Å². The lowest BCUT2D eigenvalue weighted by atomic mass is 9.79. The highest BCUT2D eigenvalue weighted by molar-refractivity contribution is 6.94. The summed E-state index contributed by atoms with van der Waals surface area (Å²) in [5, 5.41) is 3.57. The van der Waals surface area contributed by atoms with Crippen molar-refractivity contribution in [2.45, 2.75) is 76.8 Å². The Morgan fingerprint density at radius 1 is 0.567 bits per heavy atom. The van der Waals surface area contributed by atoms with E-state index >= 15 is 0 Å². The maximum atomic E-state index is 2.55. The summed E-state index contributed by atoms with van der Waals surface area (Å²) in [6.45, 7) is 15.3. The van der Waals surface area contributed by atoms with Gasteiger partial charge in [0, 0.05) is 11.8 Å². The first-order chi connectivity index (χ1) is 14.2. The number of fused-ring (bicyclic) bond motifs is 6. The summed E-state index contributed by atoms with van der Waals surface area (Å²) in [6.07, 6.45) is 5.16. The van der Waals surface area contributed by atoms with Crippen LogP contribution in [0, 0.1) is 0 Å². The molecule has 0 aromatic heterocycles. The van der Waals surface area contributed by atoms with Crippen LogP contribution in [0.15, 0.2) is 59.7 Å². The van der Waals surface area contributed by atoms with Crippen LogP contribution in [0.1, 0.15) is 59.8 Å². The Morgan fingerprint density at radius 2 is 0.933 bits per heavy atom. The van der Waals surface area contributed by atoms with Crippen molar-refractivity contribution in [3.05, 3.63) is 81.9 Å². The smallest absolute Gasteiger partial charge is 0.0656 e. The van der Waals surface area contributed by atoms with Gasteiger partial charge in [-0.2, -0.15) is 0 Å². The van der Waals surface area contributed by atoms with Gasteiger partial charge < -0.3 is 0 Å². The van der Waals surface area contributed by atoms with Crippen LogP contribution in [0.2, 0.25) is 39.3 Å². The Morgan fingerprint density at radius 3 is 1.30 bits per heavy atom. The zero-order chi connectivity index (χ0) is 21.3. The van der Waals surface area contributed by atoms with E-state index in [-0.39, 0.29) is 0 Å². The molecule has 1 saturated carbocycles. The van der Waals surface area contributed by atoms with Crippen molar-refractivity contribution in [3.8, 4) is 0 Å². The molecule has 0 N–H and O–H groups in total. The second kappa shape index (κ2) is 6.93. The van der Waals surface area contributed by atoms with Gasteiger partial charge in [-0.3, -0.25) is 0 Å². The molecule has 0 heterocycles. The Kier molecular flexibility index (Phi) is 4.68. The van der Waals surface area contributed by atoms with Crippen LogP contribution in [0.3, 0.4) is 0 Å². The fraction of sp³-hybridized carbons (Fsp3) is 0.429. The Hall–Kier alpha value is -1.65. The van der Waals surface area contributed by atoms with E-state index in [1.54, 1.807) is 32.6 Å². The predicted octanol–water partition coefficient (Wildman–Crippen LogP) is 8.42. The summed E-state index contributed by atoms with van der Waals surface area (Å²) in [5.74, 6) is 1.32. The van der Waals surface area contributed by atoms with E-state index in [0.717, 1.165) is 0 Å². The molecule has 3 aliphatic carbocycles. The van der Waals surface area contributed by atoms with Crippen molar-refractivity contribution < 1.29 is 0 Å². The van der Waals surface area contributed by atoms with E-state index in [0.29, 0.717) is 11.8 Å². The van der Waals surface area contributed by atoms with Gasteiger partial charge in [-0.1, -0.05) is 109 Å². The first kappa shape index (κ1) is 20.3. The Bertz CT molecular complexity index is 985. The largest absolute Gasteiger partial charge is 0.0783 e. The van der Waals surface area contributed by atoms with Gasteiger partial charge in [-0.15, -0.1) is 0 Å². The third kappa shape index (κ3) is 3.06. The normalized spacial score (nSPS) is 23.5. The van der Waals surface area contributed by atoms with Crippen LogP contribution in [-0.4, -0.2) is 16.1 Å². The van der Waals surface area contributed by atoms with Gasteiger partial charge in [0.2, 0.25) is 0 Å². The molecule has 0 spiro atoms. The van der Waals surface area contributed by atoms with Gasteiger partial charge in [0.1, 0.15) is 0 Å². The van der Waals surface area contributed by atoms with Gasteiger partial charge in [-0.25, -0.2) is 0 Å². The van der Waals surface area contributed by atoms with Gasteiger partial charge >= 0.3 is 0 Å². The van der Waals surface area contributed by atoms with Gasteiger partial charge in [0.25, 0.3) is 0 Å². The van der Waals surface area contributed by atoms with Crippen molar-refractivity contribution in [1.82, 2.24) is 0 Å². The van der Waals surface area contributed by atoms with Crippen LogP contribution in [-0.2, 0) is 0 Å². The number of hydrogen-bond acceptors (Lipinski definition) is 0. The van der Waals surface area contributed by atoms with Crippen LogP contribution in [0.5, 0.6) is 0 Å². The molecule has 5 rings (SSSR count). The molecule has 156 valence electrons. The lowest BCUT2D eigenvalue weighted by Crippen LogP contribution is -2.24. The standard InChI is InChI=1S/C28H36Si2/c1-29(2,3)27-23-13-9-7-11-19(23)21-15-16-22-20-12-8-10-14-24(20)28(30(4,5)6)26(22)18-17-25(21)27/h7-14,21-22H,15-18H2,1-6H3. The van der Waals surface area contributed by atoms with Crippen molar-refractivity contribution in [2.24, 2.45) is 0 Å². The van der Waals surface area contributed by atoms with Crippen LogP contribution >= 0.6 is 0 Å². The van der Waals surface area contributed by atoms with Gasteiger partial charge in [-0.05, 0) is 47.9 Å². The third-order valence-corrected chi connectivity index (χ3v) is 11.8. The zero-order valence-corrected chi connectivity index (χ0v) is 21.6. The molecule has 2 aromatic carbocycles. The summed E-state index contributed by atoms with van der Waals surface area (Å²) in [7, 11) is -2.80. The highest BCUT2D eigenvalue weighted by atomic mass is 28.3. The summed E-state index contributed by atoms with van der Waals surface area (Å²) >= 11 is 0. The van der Waals surface area contributed by atoms with Crippen LogP contribution in [0.4, 0.5) is 0 Å². The number of allylic oxidation sites excluding steroid dienone is 2. The quantitative estimate of drug-likeness (QED) is 0.421. The average molecular weight is 429 g/mol. The van der Waals surface area contributed by atoms with E-state index in [9.17, 15) is 0 Å². The highest BCUT2D eigenvalue weighted by Gasteiger charge is 2.42. The maximum Gasteiger partial charge on any atom is 0.0783 e. The molecule has 2 atom stereocenters. The summed E-state index contributed by atoms with van der Waals surface area (Å²) in [4.78, 5) is 0. The lowest BCUT2D eigenvalue weighted by Gasteiger charge is -2.29.